The normalized spacial score (nSPS) is 15.2. The van der Waals surface area contributed by atoms with Crippen molar-refractivity contribution < 1.29 is 26.3 Å². The Morgan fingerprint density at radius 2 is 1.66 bits per heavy atom. The zero-order chi connectivity index (χ0) is 27.1. The fourth-order valence-electron chi connectivity index (χ4n) is 4.09. The fraction of sp³-hybridized carbons (Fsp3) is 0.333. The minimum atomic E-state index is -4.72. The van der Waals surface area contributed by atoms with Crippen LogP contribution in [0.25, 0.3) is 22.6 Å². The van der Waals surface area contributed by atoms with E-state index >= 15 is 0 Å². The van der Waals surface area contributed by atoms with Gasteiger partial charge in [-0.3, -0.25) is 0 Å². The van der Waals surface area contributed by atoms with Gasteiger partial charge in [-0.2, -0.15) is 26.3 Å². The maximum Gasteiger partial charge on any atom is 0.418 e. The van der Waals surface area contributed by atoms with Crippen LogP contribution >= 0.6 is 0 Å². The number of pyridine rings is 2. The average molecular weight is 534 g/mol. The highest BCUT2D eigenvalue weighted by Crippen LogP contribution is 2.37. The Morgan fingerprint density at radius 3 is 2.32 bits per heavy atom. The van der Waals surface area contributed by atoms with Gasteiger partial charge in [0, 0.05) is 25.5 Å². The molecule has 198 valence electrons. The van der Waals surface area contributed by atoms with E-state index in [0.29, 0.717) is 30.9 Å². The molecule has 14 heteroatoms. The Bertz CT molecular complexity index is 1450. The molecule has 1 fully saturated rings. The number of anilines is 3. The maximum absolute atomic E-state index is 14.0. The first-order valence-corrected chi connectivity index (χ1v) is 11.6. The quantitative estimate of drug-likeness (QED) is 0.324. The van der Waals surface area contributed by atoms with Crippen molar-refractivity contribution in [2.75, 3.05) is 23.3 Å². The highest BCUT2D eigenvalue weighted by Gasteiger charge is 2.37. The zero-order valence-electron chi connectivity index (χ0n) is 19.8. The van der Waals surface area contributed by atoms with Gasteiger partial charge in [0.15, 0.2) is 11.5 Å². The molecule has 0 aliphatic carbocycles. The Kier molecular flexibility index (Phi) is 6.49. The van der Waals surface area contributed by atoms with Gasteiger partial charge in [0.1, 0.15) is 22.7 Å². The number of aromatic nitrogens is 6. The third kappa shape index (κ3) is 5.29. The summed E-state index contributed by atoms with van der Waals surface area (Å²) in [5, 5.41) is 10.8. The summed E-state index contributed by atoms with van der Waals surface area (Å²) in [6.07, 6.45) is -4.40. The number of nitrogens with zero attached hydrogens (tertiary/aromatic N) is 7. The zero-order valence-corrected chi connectivity index (χ0v) is 19.8. The van der Waals surface area contributed by atoms with Crippen molar-refractivity contribution in [3.8, 4) is 11.4 Å². The highest BCUT2D eigenvalue weighted by atomic mass is 19.4. The highest BCUT2D eigenvalue weighted by molar-refractivity contribution is 5.87. The van der Waals surface area contributed by atoms with Crippen molar-refractivity contribution >= 4 is 28.5 Å². The molecule has 4 aromatic rings. The molecule has 0 atom stereocenters. The van der Waals surface area contributed by atoms with Crippen molar-refractivity contribution in [3.05, 3.63) is 54.0 Å². The van der Waals surface area contributed by atoms with Gasteiger partial charge in [0.05, 0.1) is 23.0 Å². The summed E-state index contributed by atoms with van der Waals surface area (Å²) < 4.78 is 80.5. The van der Waals surface area contributed by atoms with Crippen LogP contribution in [0.5, 0.6) is 0 Å². The molecule has 1 aliphatic rings. The summed E-state index contributed by atoms with van der Waals surface area (Å²) in [5.74, 6) is 0.745. The minimum Gasteiger partial charge on any atom is -0.355 e. The van der Waals surface area contributed by atoms with Gasteiger partial charge in [0.25, 0.3) is 0 Å². The number of piperidine rings is 1. The average Bonchev–Trinajstić information content (AvgIpc) is 2.88. The predicted octanol–water partition coefficient (Wildman–Crippen LogP) is 5.89. The molecule has 0 amide bonds. The third-order valence-electron chi connectivity index (χ3n) is 6.24. The summed E-state index contributed by atoms with van der Waals surface area (Å²) in [6.45, 7) is 3.28. The van der Waals surface area contributed by atoms with Crippen LogP contribution in [0.15, 0.2) is 42.9 Å². The molecule has 1 saturated heterocycles. The fourth-order valence-corrected chi connectivity index (χ4v) is 4.09. The standard InChI is InChI=1S/C24H20F6N8/c1-13-5-8-38(9-6-13)19-10-15(24(28,29)30)20(37-36-19)17-12-33-21-16(4-7-31-22(21)35-17)34-18-3-2-14(11-32-18)23(25,26)27/h2-4,7,10-13H,5-6,8-9H2,1H3,(H,31,32,34,35). The first-order chi connectivity index (χ1) is 18.0. The number of fused-ring (bicyclic) bond motifs is 1. The van der Waals surface area contributed by atoms with Crippen LogP contribution in [0, 0.1) is 5.92 Å². The Balaban J connectivity index is 1.47. The third-order valence-corrected chi connectivity index (χ3v) is 6.24. The molecular weight excluding hydrogens is 514 g/mol. The van der Waals surface area contributed by atoms with E-state index in [1.54, 1.807) is 4.90 Å². The number of alkyl halides is 6. The van der Waals surface area contributed by atoms with E-state index in [1.165, 1.54) is 12.3 Å². The molecule has 0 aromatic carbocycles. The maximum atomic E-state index is 14.0. The minimum absolute atomic E-state index is 0.00318. The molecule has 5 heterocycles. The van der Waals surface area contributed by atoms with Gasteiger partial charge < -0.3 is 10.2 Å². The smallest absolute Gasteiger partial charge is 0.355 e. The van der Waals surface area contributed by atoms with Gasteiger partial charge in [-0.1, -0.05) is 6.92 Å². The number of halogens is 6. The van der Waals surface area contributed by atoms with Crippen LogP contribution < -0.4 is 10.2 Å². The van der Waals surface area contributed by atoms with Crippen molar-refractivity contribution in [3.63, 3.8) is 0 Å². The predicted molar refractivity (Wildman–Crippen MR) is 126 cm³/mol. The summed E-state index contributed by atoms with van der Waals surface area (Å²) >= 11 is 0. The van der Waals surface area contributed by atoms with E-state index in [9.17, 15) is 26.3 Å². The van der Waals surface area contributed by atoms with Crippen molar-refractivity contribution in [2.45, 2.75) is 32.1 Å². The molecule has 1 aliphatic heterocycles. The lowest BCUT2D eigenvalue weighted by Gasteiger charge is -2.31. The molecule has 8 nitrogen and oxygen atoms in total. The van der Waals surface area contributed by atoms with E-state index in [-0.39, 0.29) is 28.5 Å². The van der Waals surface area contributed by atoms with Gasteiger partial charge in [-0.15, -0.1) is 10.2 Å². The van der Waals surface area contributed by atoms with E-state index < -0.39 is 29.2 Å². The van der Waals surface area contributed by atoms with Gasteiger partial charge in [-0.05, 0) is 43.0 Å². The largest absolute Gasteiger partial charge is 0.418 e. The van der Waals surface area contributed by atoms with Crippen molar-refractivity contribution in [1.82, 2.24) is 30.1 Å². The van der Waals surface area contributed by atoms with Crippen LogP contribution in [0.1, 0.15) is 30.9 Å². The summed E-state index contributed by atoms with van der Waals surface area (Å²) in [5.41, 5.74) is -2.06. The molecule has 1 N–H and O–H groups in total. The van der Waals surface area contributed by atoms with E-state index in [2.05, 4.69) is 42.4 Å². The number of nitrogens with one attached hydrogen (secondary N) is 1. The SMILES string of the molecule is CC1CCN(c2cc(C(F)(F)F)c(-c3cnc4c(Nc5ccc(C(F)(F)F)cn5)ccnc4n3)nn2)CC1. The van der Waals surface area contributed by atoms with E-state index in [1.807, 2.05) is 0 Å². The molecular formula is C24H20F6N8. The monoisotopic (exact) mass is 534 g/mol. The van der Waals surface area contributed by atoms with Crippen LogP contribution in [0.3, 0.4) is 0 Å². The summed E-state index contributed by atoms with van der Waals surface area (Å²) in [4.78, 5) is 18.1. The second-order valence-electron chi connectivity index (χ2n) is 8.97. The topological polar surface area (TPSA) is 92.6 Å². The Hall–Kier alpha value is -4.10. The number of hydrogen-bond donors (Lipinski definition) is 1. The van der Waals surface area contributed by atoms with Crippen LogP contribution in [0.4, 0.5) is 43.7 Å². The van der Waals surface area contributed by atoms with Gasteiger partial charge in [-0.25, -0.2) is 19.9 Å². The lowest BCUT2D eigenvalue weighted by Crippen LogP contribution is -2.33. The van der Waals surface area contributed by atoms with Crippen LogP contribution in [-0.4, -0.2) is 43.2 Å². The number of rotatable bonds is 4. The van der Waals surface area contributed by atoms with Crippen molar-refractivity contribution in [1.29, 1.82) is 0 Å². The molecule has 0 saturated carbocycles. The lowest BCUT2D eigenvalue weighted by molar-refractivity contribution is -0.138. The lowest BCUT2D eigenvalue weighted by atomic mass is 9.99. The molecule has 0 radical (unpaired) electrons. The summed E-state index contributed by atoms with van der Waals surface area (Å²) in [6, 6.07) is 4.48. The molecule has 0 bridgehead atoms. The van der Waals surface area contributed by atoms with Gasteiger partial charge >= 0.3 is 12.4 Å². The van der Waals surface area contributed by atoms with E-state index in [0.717, 1.165) is 37.2 Å². The second-order valence-corrected chi connectivity index (χ2v) is 8.97. The Labute approximate surface area is 212 Å². The second kappa shape index (κ2) is 9.65. The molecule has 38 heavy (non-hydrogen) atoms. The van der Waals surface area contributed by atoms with E-state index in [4.69, 9.17) is 0 Å². The molecule has 5 rings (SSSR count). The first-order valence-electron chi connectivity index (χ1n) is 11.6. The summed E-state index contributed by atoms with van der Waals surface area (Å²) in [7, 11) is 0. The first kappa shape index (κ1) is 25.5. The molecule has 0 unspecified atom stereocenters. The Morgan fingerprint density at radius 1 is 0.895 bits per heavy atom. The van der Waals surface area contributed by atoms with Crippen molar-refractivity contribution in [2.24, 2.45) is 5.92 Å². The van der Waals surface area contributed by atoms with Crippen LogP contribution in [0.2, 0.25) is 0 Å². The molecule has 0 spiro atoms. The molecule has 4 aromatic heterocycles. The van der Waals surface area contributed by atoms with Crippen LogP contribution in [-0.2, 0) is 12.4 Å². The number of hydrogen-bond acceptors (Lipinski definition) is 8. The van der Waals surface area contributed by atoms with Gasteiger partial charge in [0.2, 0.25) is 0 Å².